The normalized spacial score (nSPS) is 24.4. The molecule has 1 fully saturated rings. The van der Waals surface area contributed by atoms with Gasteiger partial charge in [-0.1, -0.05) is 0 Å². The third-order valence-corrected chi connectivity index (χ3v) is 2.37. The second kappa shape index (κ2) is 3.61. The predicted molar refractivity (Wildman–Crippen MR) is 51.4 cm³/mol. The maximum atomic E-state index is 12.5. The van der Waals surface area contributed by atoms with Crippen molar-refractivity contribution in [2.45, 2.75) is 12.6 Å². The summed E-state index contributed by atoms with van der Waals surface area (Å²) in [6.45, 7) is 0. The van der Waals surface area contributed by atoms with Crippen molar-refractivity contribution >= 4 is 27.7 Å². The fraction of sp³-hybridized carbons (Fsp3) is 0.375. The van der Waals surface area contributed by atoms with Gasteiger partial charge in [-0.05, 0) is 22.4 Å². The molecule has 1 aromatic rings. The molecule has 1 N–H and O–H groups in total. The molecule has 0 unspecified atom stereocenters. The second-order valence-corrected chi connectivity index (χ2v) is 3.89. The second-order valence-electron chi connectivity index (χ2n) is 3.07. The number of hydrogen-bond donors (Lipinski definition) is 1. The Hall–Kier alpha value is -1.04. The zero-order valence-electron chi connectivity index (χ0n) is 7.08. The molecule has 1 aromatic heterocycles. The Bertz CT molecular complexity index is 373. The first kappa shape index (κ1) is 9.51. The van der Waals surface area contributed by atoms with E-state index in [-0.39, 0.29) is 5.91 Å². The lowest BCUT2D eigenvalue weighted by molar-refractivity contribution is -0.117. The lowest BCUT2D eigenvalue weighted by Gasteiger charge is -2.01. The standard InChI is InChI=1S/C8H7BrFN3O/c9-6-2-7(12-3-11-6)13-8(14)4-1-5(4)10/h2-5H,1H2,(H,11,12,13,14)/t4-,5+/m0/s1. The van der Waals surface area contributed by atoms with Gasteiger partial charge in [0.15, 0.2) is 0 Å². The van der Waals surface area contributed by atoms with Crippen molar-refractivity contribution in [1.29, 1.82) is 0 Å². The molecule has 2 atom stereocenters. The van der Waals surface area contributed by atoms with E-state index in [1.807, 2.05) is 0 Å². The van der Waals surface area contributed by atoms with Crippen LogP contribution in [-0.2, 0) is 4.79 Å². The van der Waals surface area contributed by atoms with E-state index in [0.29, 0.717) is 16.8 Å². The summed E-state index contributed by atoms with van der Waals surface area (Å²) in [6.07, 6.45) is 0.651. The van der Waals surface area contributed by atoms with Crippen LogP contribution in [-0.4, -0.2) is 22.0 Å². The Morgan fingerprint density at radius 3 is 2.93 bits per heavy atom. The zero-order chi connectivity index (χ0) is 10.1. The zero-order valence-corrected chi connectivity index (χ0v) is 8.66. The van der Waals surface area contributed by atoms with Crippen LogP contribution in [0.4, 0.5) is 10.2 Å². The molecule has 1 aliphatic carbocycles. The first-order chi connectivity index (χ1) is 6.66. The van der Waals surface area contributed by atoms with Crippen molar-refractivity contribution in [3.05, 3.63) is 17.0 Å². The Morgan fingerprint density at radius 2 is 2.36 bits per heavy atom. The summed E-state index contributed by atoms with van der Waals surface area (Å²) in [5.41, 5.74) is 0. The highest BCUT2D eigenvalue weighted by Crippen LogP contribution is 2.34. The molecular weight excluding hydrogens is 253 g/mol. The smallest absolute Gasteiger partial charge is 0.231 e. The van der Waals surface area contributed by atoms with Crippen LogP contribution in [0.3, 0.4) is 0 Å². The van der Waals surface area contributed by atoms with Crippen molar-refractivity contribution in [3.8, 4) is 0 Å². The summed E-state index contributed by atoms with van der Waals surface area (Å²) in [5.74, 6) is -0.428. The van der Waals surface area contributed by atoms with Crippen LogP contribution in [0.1, 0.15) is 6.42 Å². The number of anilines is 1. The monoisotopic (exact) mass is 259 g/mol. The van der Waals surface area contributed by atoms with Crippen molar-refractivity contribution in [1.82, 2.24) is 9.97 Å². The molecule has 0 aliphatic heterocycles. The van der Waals surface area contributed by atoms with Gasteiger partial charge in [0.1, 0.15) is 22.9 Å². The van der Waals surface area contributed by atoms with Gasteiger partial charge in [-0.15, -0.1) is 0 Å². The summed E-state index contributed by atoms with van der Waals surface area (Å²) in [4.78, 5) is 18.9. The quantitative estimate of drug-likeness (QED) is 0.820. The molecule has 2 rings (SSSR count). The molecular formula is C8H7BrFN3O. The maximum Gasteiger partial charge on any atom is 0.231 e. The average Bonchev–Trinajstić information content (AvgIpc) is 2.82. The number of nitrogens with zero attached hydrogens (tertiary/aromatic N) is 2. The van der Waals surface area contributed by atoms with Gasteiger partial charge in [0.2, 0.25) is 5.91 Å². The lowest BCUT2D eigenvalue weighted by Crippen LogP contribution is -2.15. The molecule has 1 amide bonds. The van der Waals surface area contributed by atoms with Crippen LogP contribution in [0.15, 0.2) is 17.0 Å². The fourth-order valence-electron chi connectivity index (χ4n) is 1.06. The van der Waals surface area contributed by atoms with E-state index in [4.69, 9.17) is 0 Å². The minimum absolute atomic E-state index is 0.317. The van der Waals surface area contributed by atoms with E-state index in [0.717, 1.165) is 0 Å². The van der Waals surface area contributed by atoms with Gasteiger partial charge in [-0.25, -0.2) is 14.4 Å². The molecule has 4 nitrogen and oxygen atoms in total. The third-order valence-electron chi connectivity index (χ3n) is 1.93. The molecule has 0 radical (unpaired) electrons. The highest BCUT2D eigenvalue weighted by Gasteiger charge is 2.43. The molecule has 0 bridgehead atoms. The summed E-state index contributed by atoms with van der Waals surface area (Å²) in [5, 5.41) is 2.52. The van der Waals surface area contributed by atoms with E-state index in [1.165, 1.54) is 6.33 Å². The SMILES string of the molecule is O=C(Nc1cc(Br)ncn1)[C@H]1C[C@H]1F. The molecule has 74 valence electrons. The molecule has 1 heterocycles. The molecule has 0 aromatic carbocycles. The number of nitrogens with one attached hydrogen (secondary N) is 1. The fourth-order valence-corrected chi connectivity index (χ4v) is 1.36. The van der Waals surface area contributed by atoms with Crippen LogP contribution in [0.2, 0.25) is 0 Å². The number of carbonyl (C=O) groups excluding carboxylic acids is 1. The Labute approximate surface area is 88.1 Å². The number of hydrogen-bond acceptors (Lipinski definition) is 3. The Balaban J connectivity index is 2.00. The number of carbonyl (C=O) groups is 1. The van der Waals surface area contributed by atoms with Crippen molar-refractivity contribution < 1.29 is 9.18 Å². The molecule has 1 aliphatic rings. The molecule has 0 saturated heterocycles. The number of aromatic nitrogens is 2. The highest BCUT2D eigenvalue weighted by atomic mass is 79.9. The van der Waals surface area contributed by atoms with Gasteiger partial charge in [0.05, 0.1) is 5.92 Å². The van der Waals surface area contributed by atoms with Crippen LogP contribution in [0.25, 0.3) is 0 Å². The van der Waals surface area contributed by atoms with E-state index < -0.39 is 12.1 Å². The molecule has 6 heteroatoms. The summed E-state index contributed by atoms with van der Waals surface area (Å²) in [7, 11) is 0. The number of amides is 1. The number of halogens is 2. The Kier molecular flexibility index (Phi) is 2.45. The Morgan fingerprint density at radius 1 is 1.64 bits per heavy atom. The maximum absolute atomic E-state index is 12.5. The van der Waals surface area contributed by atoms with Crippen molar-refractivity contribution in [2.24, 2.45) is 5.92 Å². The summed E-state index contributed by atoms with van der Waals surface area (Å²) < 4.78 is 13.1. The molecule has 0 spiro atoms. The summed E-state index contributed by atoms with van der Waals surface area (Å²) in [6, 6.07) is 1.56. The number of alkyl halides is 1. The minimum Gasteiger partial charge on any atom is -0.310 e. The molecule has 1 saturated carbocycles. The molecule has 14 heavy (non-hydrogen) atoms. The van der Waals surface area contributed by atoms with Gasteiger partial charge in [0.25, 0.3) is 0 Å². The van der Waals surface area contributed by atoms with Gasteiger partial charge in [0, 0.05) is 6.07 Å². The predicted octanol–water partition coefficient (Wildman–Crippen LogP) is 1.54. The van der Waals surface area contributed by atoms with Crippen molar-refractivity contribution in [3.63, 3.8) is 0 Å². The van der Waals surface area contributed by atoms with Crippen molar-refractivity contribution in [2.75, 3.05) is 5.32 Å². The van der Waals surface area contributed by atoms with Gasteiger partial charge < -0.3 is 5.32 Å². The minimum atomic E-state index is -0.986. The van der Waals surface area contributed by atoms with Gasteiger partial charge in [-0.2, -0.15) is 0 Å². The highest BCUT2D eigenvalue weighted by molar-refractivity contribution is 9.10. The van der Waals surface area contributed by atoms with E-state index >= 15 is 0 Å². The third kappa shape index (κ3) is 2.06. The van der Waals surface area contributed by atoms with Crippen LogP contribution >= 0.6 is 15.9 Å². The first-order valence-electron chi connectivity index (χ1n) is 4.09. The largest absolute Gasteiger partial charge is 0.310 e. The average molecular weight is 260 g/mol. The summed E-state index contributed by atoms with van der Waals surface area (Å²) >= 11 is 3.14. The van der Waals surface area contributed by atoms with E-state index in [1.54, 1.807) is 6.07 Å². The van der Waals surface area contributed by atoms with E-state index in [2.05, 4.69) is 31.2 Å². The lowest BCUT2D eigenvalue weighted by atomic mass is 10.4. The first-order valence-corrected chi connectivity index (χ1v) is 4.88. The number of rotatable bonds is 2. The van der Waals surface area contributed by atoms with Gasteiger partial charge in [-0.3, -0.25) is 4.79 Å². The van der Waals surface area contributed by atoms with Crippen LogP contribution in [0.5, 0.6) is 0 Å². The van der Waals surface area contributed by atoms with Gasteiger partial charge >= 0.3 is 0 Å². The van der Waals surface area contributed by atoms with Crippen LogP contribution < -0.4 is 5.32 Å². The van der Waals surface area contributed by atoms with Crippen LogP contribution in [0, 0.1) is 5.92 Å². The topological polar surface area (TPSA) is 54.9 Å². The van der Waals surface area contributed by atoms with E-state index in [9.17, 15) is 9.18 Å².